The summed E-state index contributed by atoms with van der Waals surface area (Å²) in [5.41, 5.74) is -3.30. The van der Waals surface area contributed by atoms with Gasteiger partial charge in [-0.2, -0.15) is 17.5 Å². The highest BCUT2D eigenvalue weighted by molar-refractivity contribution is 7.88. The third-order valence-corrected chi connectivity index (χ3v) is 3.84. The number of sulfonamides is 1. The fourth-order valence-electron chi connectivity index (χ4n) is 1.86. The summed E-state index contributed by atoms with van der Waals surface area (Å²) in [5, 5.41) is 8.71. The topological polar surface area (TPSA) is 74.7 Å². The molecule has 0 amide bonds. The first-order valence-electron chi connectivity index (χ1n) is 4.31. The minimum absolute atomic E-state index is 0.0162. The van der Waals surface area contributed by atoms with Gasteiger partial charge in [0.15, 0.2) is 0 Å². The number of rotatable bonds is 2. The molecule has 0 aromatic rings. The minimum Gasteiger partial charge on any atom is -0.480 e. The molecule has 0 aromatic carbocycles. The van der Waals surface area contributed by atoms with Gasteiger partial charge in [0, 0.05) is 6.54 Å². The highest BCUT2D eigenvalue weighted by Gasteiger charge is 2.68. The summed E-state index contributed by atoms with van der Waals surface area (Å²) in [5.74, 6) is -2.18. The molecule has 1 atom stereocenters. The standard InChI is InChI=1S/C7H10F3NO4S/c1-16(14,15)11-4-2-3-6(11,5(12)13)7(8,9)10/h2-4H2,1H3,(H,12,13). The number of aliphatic carboxylic acids is 1. The highest BCUT2D eigenvalue weighted by atomic mass is 32.2. The molecule has 5 nitrogen and oxygen atoms in total. The molecule has 0 saturated carbocycles. The Bertz CT molecular complexity index is 404. The van der Waals surface area contributed by atoms with Crippen molar-refractivity contribution in [3.63, 3.8) is 0 Å². The van der Waals surface area contributed by atoms with E-state index in [1.807, 2.05) is 0 Å². The number of nitrogens with zero attached hydrogens (tertiary/aromatic N) is 1. The van der Waals surface area contributed by atoms with Crippen LogP contribution < -0.4 is 0 Å². The van der Waals surface area contributed by atoms with Crippen molar-refractivity contribution in [3.8, 4) is 0 Å². The van der Waals surface area contributed by atoms with Crippen LogP contribution in [-0.4, -0.2) is 48.3 Å². The highest BCUT2D eigenvalue weighted by Crippen LogP contribution is 2.44. The van der Waals surface area contributed by atoms with Gasteiger partial charge < -0.3 is 5.11 Å². The van der Waals surface area contributed by atoms with Crippen LogP contribution in [0.3, 0.4) is 0 Å². The van der Waals surface area contributed by atoms with E-state index in [4.69, 9.17) is 5.11 Å². The molecule has 16 heavy (non-hydrogen) atoms. The van der Waals surface area contributed by atoms with Gasteiger partial charge in [-0.3, -0.25) is 0 Å². The number of alkyl halides is 3. The van der Waals surface area contributed by atoms with Crippen LogP contribution in [0.5, 0.6) is 0 Å². The molecule has 1 rings (SSSR count). The van der Waals surface area contributed by atoms with E-state index in [-0.39, 0.29) is 10.7 Å². The molecular formula is C7H10F3NO4S. The largest absolute Gasteiger partial charge is 0.480 e. The summed E-state index contributed by atoms with van der Waals surface area (Å²) in [6.07, 6.45) is -5.43. The molecular weight excluding hydrogens is 251 g/mol. The number of carboxylic acid groups (broad SMARTS) is 1. The van der Waals surface area contributed by atoms with Gasteiger partial charge in [0.05, 0.1) is 6.26 Å². The molecule has 0 bridgehead atoms. The smallest absolute Gasteiger partial charge is 0.418 e. The Morgan fingerprint density at radius 1 is 1.44 bits per heavy atom. The van der Waals surface area contributed by atoms with Crippen LogP contribution >= 0.6 is 0 Å². The second kappa shape index (κ2) is 3.59. The van der Waals surface area contributed by atoms with Crippen LogP contribution in [0.1, 0.15) is 12.8 Å². The van der Waals surface area contributed by atoms with Crippen LogP contribution in [-0.2, 0) is 14.8 Å². The molecule has 1 unspecified atom stereocenters. The number of hydrogen-bond donors (Lipinski definition) is 1. The molecule has 1 aliphatic rings. The van der Waals surface area contributed by atoms with Gasteiger partial charge in [0.25, 0.3) is 0 Å². The van der Waals surface area contributed by atoms with Crippen LogP contribution in [0.25, 0.3) is 0 Å². The first-order valence-corrected chi connectivity index (χ1v) is 6.16. The van der Waals surface area contributed by atoms with E-state index in [0.717, 1.165) is 0 Å². The van der Waals surface area contributed by atoms with Gasteiger partial charge in [0.1, 0.15) is 0 Å². The molecule has 1 fully saturated rings. The molecule has 1 N–H and O–H groups in total. The summed E-state index contributed by atoms with van der Waals surface area (Å²) in [7, 11) is -4.21. The second-order valence-electron chi connectivity index (χ2n) is 3.60. The third-order valence-electron chi connectivity index (χ3n) is 2.55. The Balaban J connectivity index is 3.37. The Kier molecular flexibility index (Phi) is 2.97. The van der Waals surface area contributed by atoms with Crippen molar-refractivity contribution in [3.05, 3.63) is 0 Å². The first-order chi connectivity index (χ1) is 7.03. The second-order valence-corrected chi connectivity index (χ2v) is 5.51. The summed E-state index contributed by atoms with van der Waals surface area (Å²) < 4.78 is 60.6. The van der Waals surface area contributed by atoms with Crippen molar-refractivity contribution < 1.29 is 31.5 Å². The van der Waals surface area contributed by atoms with E-state index in [1.165, 1.54) is 0 Å². The molecule has 1 saturated heterocycles. The first kappa shape index (κ1) is 13.2. The van der Waals surface area contributed by atoms with E-state index < -0.39 is 40.7 Å². The van der Waals surface area contributed by atoms with Gasteiger partial charge in [-0.25, -0.2) is 13.2 Å². The van der Waals surface area contributed by atoms with Crippen LogP contribution in [0, 0.1) is 0 Å². The van der Waals surface area contributed by atoms with E-state index >= 15 is 0 Å². The molecule has 0 radical (unpaired) electrons. The van der Waals surface area contributed by atoms with Crippen molar-refractivity contribution >= 4 is 16.0 Å². The lowest BCUT2D eigenvalue weighted by atomic mass is 9.97. The lowest BCUT2D eigenvalue weighted by Crippen LogP contribution is -2.62. The van der Waals surface area contributed by atoms with Crippen LogP contribution in [0.2, 0.25) is 0 Å². The van der Waals surface area contributed by atoms with E-state index in [9.17, 15) is 26.4 Å². The fourth-order valence-corrected chi connectivity index (χ4v) is 3.16. The van der Waals surface area contributed by atoms with Crippen molar-refractivity contribution in [1.82, 2.24) is 4.31 Å². The fraction of sp³-hybridized carbons (Fsp3) is 0.857. The Morgan fingerprint density at radius 2 is 1.94 bits per heavy atom. The van der Waals surface area contributed by atoms with Crippen LogP contribution in [0.4, 0.5) is 13.2 Å². The number of carbonyl (C=O) groups is 1. The Hall–Kier alpha value is -0.830. The molecule has 1 aliphatic heterocycles. The van der Waals surface area contributed by atoms with E-state index in [0.29, 0.717) is 6.26 Å². The van der Waals surface area contributed by atoms with Gasteiger partial charge in [-0.05, 0) is 12.8 Å². The monoisotopic (exact) mass is 261 g/mol. The number of halogens is 3. The van der Waals surface area contributed by atoms with Crippen LogP contribution in [0.15, 0.2) is 0 Å². The molecule has 9 heteroatoms. The summed E-state index contributed by atoms with van der Waals surface area (Å²) in [6.45, 7) is -0.426. The average molecular weight is 261 g/mol. The van der Waals surface area contributed by atoms with Crippen molar-refractivity contribution in [2.24, 2.45) is 0 Å². The lowest BCUT2D eigenvalue weighted by Gasteiger charge is -2.34. The maximum Gasteiger partial charge on any atom is 0.418 e. The quantitative estimate of drug-likeness (QED) is 0.782. The molecule has 0 spiro atoms. The Morgan fingerprint density at radius 3 is 2.19 bits per heavy atom. The third kappa shape index (κ3) is 1.77. The molecule has 0 aromatic heterocycles. The zero-order valence-electron chi connectivity index (χ0n) is 8.28. The van der Waals surface area contributed by atoms with Crippen molar-refractivity contribution in [2.45, 2.75) is 24.6 Å². The zero-order valence-corrected chi connectivity index (χ0v) is 9.10. The Labute approximate surface area is 89.9 Å². The van der Waals surface area contributed by atoms with Gasteiger partial charge in [-0.15, -0.1) is 0 Å². The van der Waals surface area contributed by atoms with Gasteiger partial charge in [0.2, 0.25) is 15.6 Å². The summed E-state index contributed by atoms with van der Waals surface area (Å²) >= 11 is 0. The average Bonchev–Trinajstić information content (AvgIpc) is 2.44. The molecule has 0 aliphatic carbocycles. The number of hydrogen-bond acceptors (Lipinski definition) is 3. The minimum atomic E-state index is -5.13. The SMILES string of the molecule is CS(=O)(=O)N1CCCC1(C(=O)O)C(F)(F)F. The van der Waals surface area contributed by atoms with Gasteiger partial charge in [-0.1, -0.05) is 0 Å². The zero-order chi connectivity index (χ0) is 12.8. The summed E-state index contributed by atoms with van der Waals surface area (Å²) in [6, 6.07) is 0. The maximum atomic E-state index is 12.8. The van der Waals surface area contributed by atoms with E-state index in [1.54, 1.807) is 0 Å². The van der Waals surface area contributed by atoms with E-state index in [2.05, 4.69) is 0 Å². The van der Waals surface area contributed by atoms with Crippen molar-refractivity contribution in [1.29, 1.82) is 0 Å². The normalized spacial score (nSPS) is 28.2. The predicted octanol–water partition coefficient (Wildman–Crippen LogP) is 0.428. The lowest BCUT2D eigenvalue weighted by molar-refractivity contribution is -0.219. The van der Waals surface area contributed by atoms with Crippen molar-refractivity contribution in [2.75, 3.05) is 12.8 Å². The predicted molar refractivity (Wildman–Crippen MR) is 47.2 cm³/mol. The van der Waals surface area contributed by atoms with Gasteiger partial charge >= 0.3 is 12.1 Å². The number of carboxylic acids is 1. The summed E-state index contributed by atoms with van der Waals surface area (Å²) in [4.78, 5) is 10.8. The maximum absolute atomic E-state index is 12.8. The molecule has 94 valence electrons. The molecule has 1 heterocycles.